The summed E-state index contributed by atoms with van der Waals surface area (Å²) in [5.74, 6) is 0.0223. The van der Waals surface area contributed by atoms with Crippen LogP contribution in [0.25, 0.3) is 0 Å². The number of hydrogen-bond donors (Lipinski definition) is 1. The molecule has 0 aromatic heterocycles. The minimum Gasteiger partial charge on any atom is -0.368 e. The quantitative estimate of drug-likeness (QED) is 0.873. The summed E-state index contributed by atoms with van der Waals surface area (Å²) in [4.78, 5) is 29.9. The molecule has 1 aromatic rings. The van der Waals surface area contributed by atoms with Crippen LogP contribution >= 0.6 is 11.6 Å². The fraction of sp³-hybridized carbons (Fsp3) is 0.556. The molecule has 0 bridgehead atoms. The van der Waals surface area contributed by atoms with Crippen LogP contribution in [-0.4, -0.2) is 61.0 Å². The molecule has 3 amide bonds. The summed E-state index contributed by atoms with van der Waals surface area (Å²) in [5, 5.41) is 0.729. The van der Waals surface area contributed by atoms with Crippen LogP contribution < -0.4 is 10.6 Å². The number of nitrogens with zero attached hydrogens (tertiary/aromatic N) is 3. The molecule has 2 heterocycles. The van der Waals surface area contributed by atoms with E-state index in [1.54, 1.807) is 4.90 Å². The van der Waals surface area contributed by atoms with E-state index in [-0.39, 0.29) is 11.8 Å². The van der Waals surface area contributed by atoms with Crippen molar-refractivity contribution in [1.29, 1.82) is 0 Å². The van der Waals surface area contributed by atoms with Crippen LogP contribution in [0.2, 0.25) is 5.02 Å². The fourth-order valence-corrected chi connectivity index (χ4v) is 3.89. The molecule has 0 spiro atoms. The van der Waals surface area contributed by atoms with Gasteiger partial charge < -0.3 is 20.4 Å². The van der Waals surface area contributed by atoms with E-state index in [4.69, 9.17) is 17.3 Å². The Morgan fingerprint density at radius 3 is 2.52 bits per heavy atom. The van der Waals surface area contributed by atoms with Gasteiger partial charge in [0.25, 0.3) is 0 Å². The molecule has 3 rings (SSSR count). The molecule has 2 fully saturated rings. The van der Waals surface area contributed by atoms with E-state index in [2.05, 4.69) is 11.8 Å². The largest absolute Gasteiger partial charge is 0.368 e. The van der Waals surface area contributed by atoms with Gasteiger partial charge >= 0.3 is 6.03 Å². The van der Waals surface area contributed by atoms with Crippen LogP contribution in [0.15, 0.2) is 18.2 Å². The normalized spacial score (nSPS) is 21.4. The predicted octanol–water partition coefficient (Wildman–Crippen LogP) is 2.09. The first-order chi connectivity index (χ1) is 12.0. The number of urea groups is 1. The molecule has 2 N–H and O–H groups in total. The van der Waals surface area contributed by atoms with E-state index < -0.39 is 6.03 Å². The second-order valence-corrected chi connectivity index (χ2v) is 7.30. The number of primary amides is 1. The zero-order valence-corrected chi connectivity index (χ0v) is 15.3. The third-order valence-electron chi connectivity index (χ3n) is 5.19. The van der Waals surface area contributed by atoms with E-state index in [1.807, 2.05) is 23.1 Å². The average Bonchev–Trinajstić information content (AvgIpc) is 2.63. The highest BCUT2D eigenvalue weighted by Crippen LogP contribution is 2.26. The highest BCUT2D eigenvalue weighted by molar-refractivity contribution is 6.30. The third-order valence-corrected chi connectivity index (χ3v) is 5.42. The zero-order valence-electron chi connectivity index (χ0n) is 14.6. The zero-order chi connectivity index (χ0) is 18.0. The van der Waals surface area contributed by atoms with Crippen LogP contribution in [0, 0.1) is 12.8 Å². The van der Waals surface area contributed by atoms with Crippen molar-refractivity contribution in [3.8, 4) is 0 Å². The van der Waals surface area contributed by atoms with Gasteiger partial charge in [0.2, 0.25) is 5.91 Å². The topological polar surface area (TPSA) is 69.9 Å². The number of piperidine rings is 1. The summed E-state index contributed by atoms with van der Waals surface area (Å²) < 4.78 is 0. The van der Waals surface area contributed by atoms with Crippen molar-refractivity contribution >= 4 is 29.2 Å². The van der Waals surface area contributed by atoms with Crippen molar-refractivity contribution in [2.24, 2.45) is 11.7 Å². The van der Waals surface area contributed by atoms with Crippen molar-refractivity contribution in [2.45, 2.75) is 19.8 Å². The highest BCUT2D eigenvalue weighted by atomic mass is 35.5. The number of nitrogens with two attached hydrogens (primary N) is 1. The third kappa shape index (κ3) is 4.00. The van der Waals surface area contributed by atoms with Crippen molar-refractivity contribution in [3.63, 3.8) is 0 Å². The van der Waals surface area contributed by atoms with Crippen LogP contribution in [0.3, 0.4) is 0 Å². The lowest BCUT2D eigenvalue weighted by molar-refractivity contribution is -0.137. The average molecular weight is 365 g/mol. The molecule has 25 heavy (non-hydrogen) atoms. The molecule has 2 saturated heterocycles. The molecule has 7 heteroatoms. The second-order valence-electron chi connectivity index (χ2n) is 6.87. The van der Waals surface area contributed by atoms with Gasteiger partial charge in [0.05, 0.1) is 5.92 Å². The number of aryl methyl sites for hydroxylation is 1. The number of halogens is 1. The number of carbonyl (C=O) groups excluding carboxylic acids is 2. The maximum atomic E-state index is 12.8. The van der Waals surface area contributed by atoms with Crippen LogP contribution in [0.1, 0.15) is 18.4 Å². The van der Waals surface area contributed by atoms with Gasteiger partial charge in [0.15, 0.2) is 0 Å². The van der Waals surface area contributed by atoms with Gasteiger partial charge in [0, 0.05) is 50.0 Å². The summed E-state index contributed by atoms with van der Waals surface area (Å²) in [5.41, 5.74) is 7.69. The summed E-state index contributed by atoms with van der Waals surface area (Å²) in [6.07, 6.45) is 1.66. The van der Waals surface area contributed by atoms with Crippen molar-refractivity contribution in [3.05, 3.63) is 28.8 Å². The fourth-order valence-electron chi connectivity index (χ4n) is 3.73. The number of carbonyl (C=O) groups is 2. The predicted molar refractivity (Wildman–Crippen MR) is 98.9 cm³/mol. The summed E-state index contributed by atoms with van der Waals surface area (Å²) >= 11 is 6.12. The maximum Gasteiger partial charge on any atom is 0.314 e. The number of likely N-dealkylation sites (tertiary alicyclic amines) is 1. The van der Waals surface area contributed by atoms with Gasteiger partial charge in [-0.25, -0.2) is 4.79 Å². The summed E-state index contributed by atoms with van der Waals surface area (Å²) in [6, 6.07) is 5.47. The number of anilines is 1. The molecular formula is C18H25ClN4O2. The Morgan fingerprint density at radius 1 is 1.12 bits per heavy atom. The number of piperazine rings is 1. The van der Waals surface area contributed by atoms with E-state index in [0.29, 0.717) is 26.2 Å². The molecule has 0 saturated carbocycles. The Morgan fingerprint density at radius 2 is 1.84 bits per heavy atom. The van der Waals surface area contributed by atoms with Crippen LogP contribution in [0.4, 0.5) is 10.5 Å². The van der Waals surface area contributed by atoms with Gasteiger partial charge in [0.1, 0.15) is 0 Å². The number of amides is 3. The van der Waals surface area contributed by atoms with Gasteiger partial charge in [-0.05, 0) is 37.5 Å². The first kappa shape index (κ1) is 17.9. The first-order valence-electron chi connectivity index (χ1n) is 8.80. The Kier molecular flexibility index (Phi) is 5.37. The van der Waals surface area contributed by atoms with Crippen LogP contribution in [0.5, 0.6) is 0 Å². The van der Waals surface area contributed by atoms with Gasteiger partial charge in [-0.15, -0.1) is 0 Å². The molecular weight excluding hydrogens is 340 g/mol. The van der Waals surface area contributed by atoms with Gasteiger partial charge in [-0.1, -0.05) is 17.7 Å². The number of benzene rings is 1. The molecule has 2 aliphatic rings. The molecule has 6 nitrogen and oxygen atoms in total. The van der Waals surface area contributed by atoms with E-state index in [9.17, 15) is 9.59 Å². The minimum atomic E-state index is -0.432. The summed E-state index contributed by atoms with van der Waals surface area (Å²) in [7, 11) is 0. The molecule has 0 unspecified atom stereocenters. The van der Waals surface area contributed by atoms with Crippen molar-refractivity contribution in [1.82, 2.24) is 9.80 Å². The van der Waals surface area contributed by atoms with Gasteiger partial charge in [-0.2, -0.15) is 0 Å². The van der Waals surface area contributed by atoms with E-state index in [1.165, 1.54) is 5.56 Å². The van der Waals surface area contributed by atoms with Crippen molar-refractivity contribution < 1.29 is 9.59 Å². The smallest absolute Gasteiger partial charge is 0.314 e. The van der Waals surface area contributed by atoms with E-state index >= 15 is 0 Å². The molecule has 1 atom stereocenters. The summed E-state index contributed by atoms with van der Waals surface area (Å²) in [6.45, 7) is 6.14. The monoisotopic (exact) mass is 364 g/mol. The minimum absolute atomic E-state index is 0.124. The molecule has 1 aromatic carbocycles. The van der Waals surface area contributed by atoms with E-state index in [0.717, 1.165) is 36.6 Å². The molecule has 0 radical (unpaired) electrons. The lowest BCUT2D eigenvalue weighted by Crippen LogP contribution is -2.53. The van der Waals surface area contributed by atoms with Crippen LogP contribution in [-0.2, 0) is 4.79 Å². The Hall–Kier alpha value is -1.95. The lowest BCUT2D eigenvalue weighted by Gasteiger charge is -2.40. The number of hydrogen-bond acceptors (Lipinski definition) is 3. The second kappa shape index (κ2) is 7.52. The van der Waals surface area contributed by atoms with Crippen molar-refractivity contribution in [2.75, 3.05) is 44.2 Å². The lowest BCUT2D eigenvalue weighted by atomic mass is 9.96. The number of rotatable bonds is 2. The first-order valence-corrected chi connectivity index (χ1v) is 9.18. The van der Waals surface area contributed by atoms with Gasteiger partial charge in [-0.3, -0.25) is 4.79 Å². The molecule has 136 valence electrons. The molecule has 2 aliphatic heterocycles. The Labute approximate surface area is 153 Å². The Balaban J connectivity index is 1.59. The molecule has 0 aliphatic carbocycles. The standard InChI is InChI=1S/C18H25ClN4O2/c1-13-4-5-15(19)11-16(13)21-7-9-22(10-8-21)17(24)14-3-2-6-23(12-14)18(20)25/h4-5,11,14H,2-3,6-10,12H2,1H3,(H2,20,25)/t14-/m0/s1. The highest BCUT2D eigenvalue weighted by Gasteiger charge is 2.32. The maximum absolute atomic E-state index is 12.8. The SMILES string of the molecule is Cc1ccc(Cl)cc1N1CCN(C(=O)[C@H]2CCCN(C(N)=O)C2)CC1. The Bertz CT molecular complexity index is 658.